The van der Waals surface area contributed by atoms with Crippen LogP contribution >= 0.6 is 12.4 Å². The van der Waals surface area contributed by atoms with E-state index in [1.807, 2.05) is 4.90 Å². The van der Waals surface area contributed by atoms with Crippen LogP contribution in [0.15, 0.2) is 18.2 Å². The van der Waals surface area contributed by atoms with Gasteiger partial charge in [0.15, 0.2) is 0 Å². The van der Waals surface area contributed by atoms with Crippen LogP contribution < -0.4 is 10.6 Å². The van der Waals surface area contributed by atoms with Gasteiger partial charge in [0.2, 0.25) is 0 Å². The van der Waals surface area contributed by atoms with Gasteiger partial charge in [-0.2, -0.15) is 0 Å². The average Bonchev–Trinajstić information content (AvgIpc) is 2.29. The van der Waals surface area contributed by atoms with Gasteiger partial charge in [-0.25, -0.2) is 4.39 Å². The molecule has 0 spiro atoms. The number of rotatable bonds is 2. The molecule has 0 radical (unpaired) electrons. The molecule has 0 atom stereocenters. The molecule has 0 aromatic heterocycles. The Labute approximate surface area is 105 Å². The Morgan fingerprint density at radius 1 is 1.35 bits per heavy atom. The summed E-state index contributed by atoms with van der Waals surface area (Å²) >= 11 is 0. The molecule has 3 N–H and O–H groups in total. The van der Waals surface area contributed by atoms with Crippen molar-refractivity contribution < 1.29 is 9.13 Å². The first kappa shape index (κ1) is 13.7. The fraction of sp³-hybridized carbons (Fsp3) is 0.364. The second-order valence-electron chi connectivity index (χ2n) is 3.65. The van der Waals surface area contributed by atoms with E-state index in [4.69, 9.17) is 15.9 Å². The molecule has 0 unspecified atom stereocenters. The molecule has 94 valence electrons. The average molecular weight is 260 g/mol. The maximum Gasteiger partial charge on any atom is 0.136 e. The molecule has 1 fully saturated rings. The molecule has 1 aromatic carbocycles. The molecule has 1 aliphatic heterocycles. The standard InChI is InChI=1S/C11H14FN3O.ClH/c12-8-2-1-3-9(10(8)11(13)14)15-4-6-16-7-5-15;/h1-3H,4-7H2,(H3,13,14);1H. The third kappa shape index (κ3) is 2.87. The Morgan fingerprint density at radius 3 is 2.59 bits per heavy atom. The summed E-state index contributed by atoms with van der Waals surface area (Å²) in [6.07, 6.45) is 0. The lowest BCUT2D eigenvalue weighted by Gasteiger charge is -2.30. The van der Waals surface area contributed by atoms with Gasteiger partial charge in [0, 0.05) is 13.1 Å². The van der Waals surface area contributed by atoms with E-state index in [0.29, 0.717) is 32.0 Å². The van der Waals surface area contributed by atoms with Crippen LogP contribution in [0.4, 0.5) is 10.1 Å². The van der Waals surface area contributed by atoms with E-state index in [9.17, 15) is 4.39 Å². The summed E-state index contributed by atoms with van der Waals surface area (Å²) in [5.41, 5.74) is 6.27. The number of amidine groups is 1. The van der Waals surface area contributed by atoms with Crippen molar-refractivity contribution in [3.05, 3.63) is 29.6 Å². The molecule has 2 rings (SSSR count). The smallest absolute Gasteiger partial charge is 0.136 e. The first-order valence-electron chi connectivity index (χ1n) is 5.16. The molecule has 17 heavy (non-hydrogen) atoms. The monoisotopic (exact) mass is 259 g/mol. The molecule has 4 nitrogen and oxygen atoms in total. The van der Waals surface area contributed by atoms with E-state index < -0.39 is 5.82 Å². The predicted molar refractivity (Wildman–Crippen MR) is 67.7 cm³/mol. The van der Waals surface area contributed by atoms with Crippen LogP contribution in [-0.4, -0.2) is 32.1 Å². The number of ether oxygens (including phenoxy) is 1. The highest BCUT2D eigenvalue weighted by molar-refractivity contribution is 6.00. The minimum absolute atomic E-state index is 0. The van der Waals surface area contributed by atoms with Gasteiger partial charge in [0.25, 0.3) is 0 Å². The maximum absolute atomic E-state index is 13.6. The van der Waals surface area contributed by atoms with Crippen molar-refractivity contribution in [2.75, 3.05) is 31.2 Å². The maximum atomic E-state index is 13.6. The Kier molecular flexibility index (Phi) is 4.72. The summed E-state index contributed by atoms with van der Waals surface area (Å²) in [5, 5.41) is 7.42. The molecule has 1 aromatic rings. The summed E-state index contributed by atoms with van der Waals surface area (Å²) in [7, 11) is 0. The lowest BCUT2D eigenvalue weighted by molar-refractivity contribution is 0.122. The third-order valence-electron chi connectivity index (χ3n) is 2.61. The van der Waals surface area contributed by atoms with Crippen LogP contribution in [0, 0.1) is 11.2 Å². The van der Waals surface area contributed by atoms with Gasteiger partial charge in [-0.3, -0.25) is 5.41 Å². The number of hydrogen-bond donors (Lipinski definition) is 2. The Balaban J connectivity index is 0.00000144. The zero-order valence-electron chi connectivity index (χ0n) is 9.28. The molecule has 0 bridgehead atoms. The zero-order chi connectivity index (χ0) is 11.5. The van der Waals surface area contributed by atoms with E-state index in [1.165, 1.54) is 6.07 Å². The van der Waals surface area contributed by atoms with Crippen molar-refractivity contribution >= 4 is 23.9 Å². The van der Waals surface area contributed by atoms with Gasteiger partial charge in [-0.1, -0.05) is 6.07 Å². The minimum atomic E-state index is -0.448. The van der Waals surface area contributed by atoms with Gasteiger partial charge < -0.3 is 15.4 Å². The molecule has 0 aliphatic carbocycles. The molecular weight excluding hydrogens is 245 g/mol. The van der Waals surface area contributed by atoms with Gasteiger partial charge in [0.05, 0.1) is 24.5 Å². The van der Waals surface area contributed by atoms with Crippen LogP contribution in [0.25, 0.3) is 0 Å². The number of halogens is 2. The fourth-order valence-corrected chi connectivity index (χ4v) is 1.85. The Hall–Kier alpha value is -1.33. The van der Waals surface area contributed by atoms with E-state index in [1.54, 1.807) is 12.1 Å². The van der Waals surface area contributed by atoms with Crippen molar-refractivity contribution in [2.45, 2.75) is 0 Å². The van der Waals surface area contributed by atoms with Gasteiger partial charge in [0.1, 0.15) is 11.7 Å². The molecule has 1 saturated heterocycles. The SMILES string of the molecule is Cl.N=C(N)c1c(F)cccc1N1CCOCC1. The van der Waals surface area contributed by atoms with Crippen molar-refractivity contribution in [3.8, 4) is 0 Å². The van der Waals surface area contributed by atoms with Gasteiger partial charge >= 0.3 is 0 Å². The summed E-state index contributed by atoms with van der Waals surface area (Å²) in [6, 6.07) is 4.73. The highest BCUT2D eigenvalue weighted by Crippen LogP contribution is 2.23. The number of nitrogens with one attached hydrogen (secondary N) is 1. The highest BCUT2D eigenvalue weighted by atomic mass is 35.5. The minimum Gasteiger partial charge on any atom is -0.384 e. The van der Waals surface area contributed by atoms with Crippen LogP contribution in [0.2, 0.25) is 0 Å². The summed E-state index contributed by atoms with van der Waals surface area (Å²) < 4.78 is 18.8. The van der Waals surface area contributed by atoms with Crippen molar-refractivity contribution in [2.24, 2.45) is 5.73 Å². The molecule has 1 heterocycles. The number of benzene rings is 1. The topological polar surface area (TPSA) is 62.3 Å². The lowest BCUT2D eigenvalue weighted by atomic mass is 10.1. The number of nitrogen functional groups attached to an aromatic ring is 1. The van der Waals surface area contributed by atoms with Gasteiger partial charge in [-0.15, -0.1) is 12.4 Å². The van der Waals surface area contributed by atoms with Gasteiger partial charge in [-0.05, 0) is 12.1 Å². The zero-order valence-corrected chi connectivity index (χ0v) is 10.1. The van der Waals surface area contributed by atoms with E-state index >= 15 is 0 Å². The first-order valence-corrected chi connectivity index (χ1v) is 5.16. The molecule has 6 heteroatoms. The van der Waals surface area contributed by atoms with Crippen LogP contribution in [0.1, 0.15) is 5.56 Å². The summed E-state index contributed by atoms with van der Waals surface area (Å²) in [5.74, 6) is -0.684. The van der Waals surface area contributed by atoms with Crippen molar-refractivity contribution in [1.29, 1.82) is 5.41 Å². The largest absolute Gasteiger partial charge is 0.384 e. The predicted octanol–water partition coefficient (Wildman–Crippen LogP) is 1.37. The van der Waals surface area contributed by atoms with Crippen LogP contribution in [0.5, 0.6) is 0 Å². The van der Waals surface area contributed by atoms with Crippen molar-refractivity contribution in [3.63, 3.8) is 0 Å². The molecule has 1 aliphatic rings. The summed E-state index contributed by atoms with van der Waals surface area (Å²) in [4.78, 5) is 1.99. The lowest BCUT2D eigenvalue weighted by Crippen LogP contribution is -2.37. The second-order valence-corrected chi connectivity index (χ2v) is 3.65. The number of hydrogen-bond acceptors (Lipinski definition) is 3. The molecular formula is C11H15ClFN3O. The Bertz CT molecular complexity index is 408. The molecule has 0 saturated carbocycles. The first-order chi connectivity index (χ1) is 7.70. The Morgan fingerprint density at radius 2 is 2.00 bits per heavy atom. The second kappa shape index (κ2) is 5.84. The van der Waals surface area contributed by atoms with Crippen LogP contribution in [-0.2, 0) is 4.74 Å². The van der Waals surface area contributed by atoms with E-state index in [-0.39, 0.29) is 23.8 Å². The third-order valence-corrected chi connectivity index (χ3v) is 2.61. The highest BCUT2D eigenvalue weighted by Gasteiger charge is 2.18. The number of nitrogens with zero attached hydrogens (tertiary/aromatic N) is 1. The van der Waals surface area contributed by atoms with E-state index in [0.717, 1.165) is 0 Å². The quantitative estimate of drug-likeness (QED) is 0.623. The number of nitrogens with two attached hydrogens (primary N) is 1. The fourth-order valence-electron chi connectivity index (χ4n) is 1.85. The molecule has 0 amide bonds. The normalized spacial score (nSPS) is 15.2. The number of anilines is 1. The van der Waals surface area contributed by atoms with Crippen molar-refractivity contribution in [1.82, 2.24) is 0 Å². The van der Waals surface area contributed by atoms with Crippen LogP contribution in [0.3, 0.4) is 0 Å². The number of morpholine rings is 1. The summed E-state index contributed by atoms with van der Waals surface area (Å²) in [6.45, 7) is 2.63. The van der Waals surface area contributed by atoms with E-state index in [2.05, 4.69) is 0 Å².